The van der Waals surface area contributed by atoms with Crippen molar-refractivity contribution in [3.63, 3.8) is 0 Å². The third-order valence-corrected chi connectivity index (χ3v) is 1.61. The van der Waals surface area contributed by atoms with Crippen LogP contribution in [-0.4, -0.2) is 36.4 Å². The summed E-state index contributed by atoms with van der Waals surface area (Å²) in [6, 6.07) is 0. The molecule has 0 aliphatic carbocycles. The molecule has 0 aromatic rings. The molecule has 1 unspecified atom stereocenters. The van der Waals surface area contributed by atoms with Gasteiger partial charge in [-0.3, -0.25) is 0 Å². The minimum atomic E-state index is -1.02. The van der Waals surface area contributed by atoms with E-state index in [9.17, 15) is 4.79 Å². The molecule has 2 N–H and O–H groups in total. The van der Waals surface area contributed by atoms with Gasteiger partial charge in [-0.1, -0.05) is 0 Å². The third kappa shape index (κ3) is 2.32. The molecular weight excluding hydrogens is 170 g/mol. The molecule has 0 aromatic carbocycles. The van der Waals surface area contributed by atoms with Gasteiger partial charge in [-0.25, -0.2) is 4.79 Å². The van der Waals surface area contributed by atoms with Crippen LogP contribution in [0.1, 0.15) is 6.92 Å². The number of aliphatic carboxylic acids is 1. The zero-order valence-electron chi connectivity index (χ0n) is 6.29. The highest BCUT2D eigenvalue weighted by Gasteiger charge is 2.35. The lowest BCUT2D eigenvalue weighted by Crippen LogP contribution is -2.52. The maximum Gasteiger partial charge on any atom is 0.337 e. The second kappa shape index (κ2) is 3.90. The van der Waals surface area contributed by atoms with E-state index in [4.69, 9.17) is 9.84 Å². The Morgan fingerprint density at radius 1 is 1.73 bits per heavy atom. The summed E-state index contributed by atoms with van der Waals surface area (Å²) < 4.78 is 5.06. The highest BCUT2D eigenvalue weighted by atomic mass is 35.5. The van der Waals surface area contributed by atoms with Crippen molar-refractivity contribution in [3.8, 4) is 0 Å². The van der Waals surface area contributed by atoms with Gasteiger partial charge in [0.1, 0.15) is 0 Å². The fourth-order valence-electron chi connectivity index (χ4n) is 0.864. The van der Waals surface area contributed by atoms with Gasteiger partial charge in [0.25, 0.3) is 0 Å². The van der Waals surface area contributed by atoms with Crippen LogP contribution in [-0.2, 0) is 9.53 Å². The van der Waals surface area contributed by atoms with Crippen molar-refractivity contribution in [3.05, 3.63) is 0 Å². The van der Waals surface area contributed by atoms with Crippen molar-refractivity contribution in [1.82, 2.24) is 5.32 Å². The van der Waals surface area contributed by atoms with Gasteiger partial charge in [-0.15, -0.1) is 12.4 Å². The van der Waals surface area contributed by atoms with Crippen molar-refractivity contribution in [2.24, 2.45) is 0 Å². The Balaban J connectivity index is 0.000001000. The van der Waals surface area contributed by atoms with Crippen LogP contribution in [0.3, 0.4) is 0 Å². The summed E-state index contributed by atoms with van der Waals surface area (Å²) in [6.45, 7) is 3.18. The van der Waals surface area contributed by atoms with Gasteiger partial charge in [0.15, 0.2) is 5.60 Å². The van der Waals surface area contributed by atoms with Crippen molar-refractivity contribution in [2.45, 2.75) is 12.5 Å². The molecule has 1 fully saturated rings. The number of carboxylic acid groups (broad SMARTS) is 1. The molecule has 1 rings (SSSR count). The van der Waals surface area contributed by atoms with Crippen LogP contribution in [0.25, 0.3) is 0 Å². The number of halogens is 1. The number of morpholine rings is 1. The minimum Gasteiger partial charge on any atom is -0.479 e. The highest BCUT2D eigenvalue weighted by Crippen LogP contribution is 2.11. The number of carboxylic acids is 1. The predicted molar refractivity (Wildman–Crippen MR) is 42.1 cm³/mol. The van der Waals surface area contributed by atoms with E-state index < -0.39 is 11.6 Å². The Morgan fingerprint density at radius 3 is 2.64 bits per heavy atom. The number of hydrogen-bond donors (Lipinski definition) is 2. The summed E-state index contributed by atoms with van der Waals surface area (Å²) in [4.78, 5) is 10.5. The van der Waals surface area contributed by atoms with Crippen molar-refractivity contribution in [1.29, 1.82) is 0 Å². The molecule has 1 atom stereocenters. The molecular formula is C6H12ClNO3. The van der Waals surface area contributed by atoms with Crippen LogP contribution >= 0.6 is 12.4 Å². The van der Waals surface area contributed by atoms with Gasteiger partial charge in [-0.2, -0.15) is 0 Å². The topological polar surface area (TPSA) is 58.6 Å². The minimum absolute atomic E-state index is 0. The summed E-state index contributed by atoms with van der Waals surface area (Å²) >= 11 is 0. The number of carbonyl (C=O) groups is 1. The van der Waals surface area contributed by atoms with Crippen LogP contribution in [0.15, 0.2) is 0 Å². The van der Waals surface area contributed by atoms with E-state index in [0.717, 1.165) is 6.54 Å². The summed E-state index contributed by atoms with van der Waals surface area (Å²) in [6.07, 6.45) is 0. The largest absolute Gasteiger partial charge is 0.479 e. The normalized spacial score (nSPS) is 30.6. The van der Waals surface area contributed by atoms with E-state index in [0.29, 0.717) is 13.2 Å². The average molecular weight is 182 g/mol. The molecule has 66 valence electrons. The van der Waals surface area contributed by atoms with Crippen LogP contribution in [0.5, 0.6) is 0 Å². The quantitative estimate of drug-likeness (QED) is 0.592. The maximum atomic E-state index is 10.5. The first-order chi connectivity index (χ1) is 4.65. The smallest absolute Gasteiger partial charge is 0.337 e. The molecule has 1 saturated heterocycles. The van der Waals surface area contributed by atoms with Gasteiger partial charge >= 0.3 is 5.97 Å². The van der Waals surface area contributed by atoms with Crippen LogP contribution < -0.4 is 5.32 Å². The molecule has 4 nitrogen and oxygen atoms in total. The summed E-state index contributed by atoms with van der Waals surface area (Å²) in [7, 11) is 0. The van der Waals surface area contributed by atoms with Crippen LogP contribution in [0.2, 0.25) is 0 Å². The fraction of sp³-hybridized carbons (Fsp3) is 0.833. The van der Waals surface area contributed by atoms with Gasteiger partial charge in [0, 0.05) is 13.1 Å². The third-order valence-electron chi connectivity index (χ3n) is 1.61. The second-order valence-electron chi connectivity index (χ2n) is 2.56. The molecule has 0 saturated carbocycles. The zero-order chi connectivity index (χ0) is 7.61. The van der Waals surface area contributed by atoms with E-state index in [1.807, 2.05) is 0 Å². The van der Waals surface area contributed by atoms with E-state index in [1.165, 1.54) is 0 Å². The average Bonchev–Trinajstić information content (AvgIpc) is 1.89. The molecule has 0 bridgehead atoms. The lowest BCUT2D eigenvalue weighted by Gasteiger charge is -2.29. The zero-order valence-corrected chi connectivity index (χ0v) is 7.11. The first-order valence-corrected chi connectivity index (χ1v) is 3.23. The molecule has 0 radical (unpaired) electrons. The number of rotatable bonds is 1. The Hall–Kier alpha value is -0.320. The second-order valence-corrected chi connectivity index (χ2v) is 2.56. The number of nitrogens with one attached hydrogen (secondary N) is 1. The van der Waals surface area contributed by atoms with Crippen LogP contribution in [0, 0.1) is 0 Å². The highest BCUT2D eigenvalue weighted by molar-refractivity contribution is 5.85. The monoisotopic (exact) mass is 181 g/mol. The molecule has 1 heterocycles. The summed E-state index contributed by atoms with van der Waals surface area (Å²) in [5, 5.41) is 11.6. The van der Waals surface area contributed by atoms with Gasteiger partial charge in [-0.05, 0) is 6.92 Å². The fourth-order valence-corrected chi connectivity index (χ4v) is 0.864. The first kappa shape index (κ1) is 10.7. The maximum absolute atomic E-state index is 10.5. The molecule has 5 heteroatoms. The molecule has 1 aliphatic rings. The number of ether oxygens (including phenoxy) is 1. The molecule has 1 aliphatic heterocycles. The van der Waals surface area contributed by atoms with E-state index in [-0.39, 0.29) is 12.4 Å². The van der Waals surface area contributed by atoms with Crippen molar-refractivity contribution >= 4 is 18.4 Å². The standard InChI is InChI=1S/C6H11NO3.ClH/c1-6(5(8)9)4-7-2-3-10-6;/h7H,2-4H2,1H3,(H,8,9);1H. The Labute approximate surface area is 71.3 Å². The lowest BCUT2D eigenvalue weighted by atomic mass is 10.1. The Kier molecular flexibility index (Phi) is 3.78. The van der Waals surface area contributed by atoms with Crippen molar-refractivity contribution < 1.29 is 14.6 Å². The molecule has 0 aromatic heterocycles. The van der Waals surface area contributed by atoms with E-state index in [1.54, 1.807) is 6.92 Å². The Bertz CT molecular complexity index is 145. The van der Waals surface area contributed by atoms with Crippen molar-refractivity contribution in [2.75, 3.05) is 19.7 Å². The van der Waals surface area contributed by atoms with Gasteiger partial charge in [0.05, 0.1) is 6.61 Å². The predicted octanol–water partition coefficient (Wildman–Crippen LogP) is -0.129. The Morgan fingerprint density at radius 2 is 2.36 bits per heavy atom. The van der Waals surface area contributed by atoms with Crippen LogP contribution in [0.4, 0.5) is 0 Å². The molecule has 11 heavy (non-hydrogen) atoms. The SMILES string of the molecule is CC1(C(=O)O)CNCCO1.Cl. The lowest BCUT2D eigenvalue weighted by molar-refractivity contribution is -0.166. The number of hydrogen-bond acceptors (Lipinski definition) is 3. The summed E-state index contributed by atoms with van der Waals surface area (Å²) in [5.74, 6) is -0.903. The van der Waals surface area contributed by atoms with Gasteiger partial charge < -0.3 is 15.2 Å². The van der Waals surface area contributed by atoms with E-state index in [2.05, 4.69) is 5.32 Å². The first-order valence-electron chi connectivity index (χ1n) is 3.23. The van der Waals surface area contributed by atoms with E-state index >= 15 is 0 Å². The molecule has 0 spiro atoms. The van der Waals surface area contributed by atoms with Gasteiger partial charge in [0.2, 0.25) is 0 Å². The molecule has 0 amide bonds. The summed E-state index contributed by atoms with van der Waals surface area (Å²) in [5.41, 5.74) is -1.02.